The summed E-state index contributed by atoms with van der Waals surface area (Å²) in [7, 11) is 0. The maximum Gasteiger partial charge on any atom is 0.335 e. The lowest BCUT2D eigenvalue weighted by molar-refractivity contribution is -0.386. The van der Waals surface area contributed by atoms with Crippen LogP contribution in [0.2, 0.25) is 0 Å². The van der Waals surface area contributed by atoms with E-state index in [-0.39, 0.29) is 0 Å². The molecule has 0 bridgehead atoms. The minimum Gasteiger partial charge on any atom is -0.479 e. The highest BCUT2D eigenvalue weighted by atomic mass is 16.8. The zero-order valence-corrected chi connectivity index (χ0v) is 39.5. The summed E-state index contributed by atoms with van der Waals surface area (Å²) in [6, 6.07) is 0. The van der Waals surface area contributed by atoms with Crippen LogP contribution in [0.4, 0.5) is 0 Å². The van der Waals surface area contributed by atoms with Crippen molar-refractivity contribution >= 4 is 5.97 Å². The van der Waals surface area contributed by atoms with Crippen LogP contribution in [0.1, 0.15) is 0 Å². The first-order valence-corrected chi connectivity index (χ1v) is 24.0. The number of aliphatic hydroxyl groups is 18. The largest absolute Gasteiger partial charge is 0.479 e. The van der Waals surface area contributed by atoms with E-state index < -0.39 is 255 Å². The fourth-order valence-electron chi connectivity index (χ4n) is 9.62. The molecule has 8 saturated heterocycles. The minimum absolute atomic E-state index is 0.552. The van der Waals surface area contributed by atoms with Crippen molar-refractivity contribution in [2.45, 2.75) is 203 Å². The van der Waals surface area contributed by atoms with E-state index >= 15 is 0 Å². The van der Waals surface area contributed by atoms with Gasteiger partial charge in [-0.05, 0) is 0 Å². The summed E-state index contributed by atoms with van der Waals surface area (Å²) in [4.78, 5) is 11.8. The highest BCUT2D eigenvalue weighted by Gasteiger charge is 2.58. The van der Waals surface area contributed by atoms with E-state index in [1.165, 1.54) is 0 Å². The monoisotopic (exact) mass is 1120 g/mol. The molecule has 0 spiro atoms. The first-order valence-electron chi connectivity index (χ1n) is 24.0. The molecule has 33 atom stereocenters. The van der Waals surface area contributed by atoms with Crippen LogP contribution in [0.5, 0.6) is 0 Å². The number of ether oxygens (including phenoxy) is 15. The van der Waals surface area contributed by atoms with Crippen molar-refractivity contribution < 1.29 is 173 Å². The number of aliphatic hydroxyl groups excluding tert-OH is 18. The second-order valence-corrected chi connectivity index (χ2v) is 19.1. The van der Waals surface area contributed by atoms with Gasteiger partial charge in [0.2, 0.25) is 0 Å². The van der Waals surface area contributed by atoms with E-state index in [2.05, 4.69) is 0 Å². The van der Waals surface area contributed by atoms with Gasteiger partial charge in [0, 0.05) is 0 Å². The zero-order valence-electron chi connectivity index (χ0n) is 39.5. The molecule has 35 heteroatoms. The molecule has 0 aromatic carbocycles. The Kier molecular flexibility index (Phi) is 20.2. The van der Waals surface area contributed by atoms with Gasteiger partial charge in [-0.15, -0.1) is 0 Å². The summed E-state index contributed by atoms with van der Waals surface area (Å²) < 4.78 is 85.6. The molecule has 0 unspecified atom stereocenters. The topological polar surface area (TPSA) is 540 Å². The van der Waals surface area contributed by atoms with Crippen LogP contribution >= 0.6 is 0 Å². The highest BCUT2D eigenvalue weighted by Crippen LogP contribution is 2.37. The number of carbonyl (C=O) groups is 1. The quantitative estimate of drug-likeness (QED) is 0.0606. The average molecular weight is 1120 g/mol. The zero-order chi connectivity index (χ0) is 55.2. The smallest absolute Gasteiger partial charge is 0.335 e. The number of hydrogen-bond acceptors (Lipinski definition) is 34. The fraction of sp³-hybridized carbons (Fsp3) is 0.976. The second-order valence-electron chi connectivity index (χ2n) is 19.1. The van der Waals surface area contributed by atoms with Gasteiger partial charge < -0.3 is 168 Å². The summed E-state index contributed by atoms with van der Waals surface area (Å²) >= 11 is 0. The number of aliphatic carboxylic acids is 1. The molecular weight excluding hydrogens is 1050 g/mol. The lowest BCUT2D eigenvalue weighted by Crippen LogP contribution is -2.65. The Morgan fingerprint density at radius 2 is 0.750 bits per heavy atom. The van der Waals surface area contributed by atoms with E-state index in [0.717, 1.165) is 0 Å². The van der Waals surface area contributed by atoms with Crippen LogP contribution in [0.3, 0.4) is 0 Å². The molecule has 8 heterocycles. The molecule has 76 heavy (non-hydrogen) atoms. The number of hydrogen-bond donors (Lipinski definition) is 19. The summed E-state index contributed by atoms with van der Waals surface area (Å²) in [5, 5.41) is 200. The Balaban J connectivity index is 1.05. The summed E-state index contributed by atoms with van der Waals surface area (Å²) in [5.74, 6) is -1.79. The van der Waals surface area contributed by atoms with Gasteiger partial charge in [-0.1, -0.05) is 0 Å². The molecule has 19 N–H and O–H groups in total. The lowest BCUT2D eigenvalue weighted by Gasteiger charge is -2.47. The van der Waals surface area contributed by atoms with Crippen LogP contribution in [-0.4, -0.2) is 352 Å². The van der Waals surface area contributed by atoms with Crippen molar-refractivity contribution in [3.8, 4) is 0 Å². The Morgan fingerprint density at radius 1 is 0.342 bits per heavy atom. The first-order chi connectivity index (χ1) is 36.1. The van der Waals surface area contributed by atoms with E-state index in [9.17, 15) is 102 Å². The molecule has 8 aliphatic heterocycles. The maximum atomic E-state index is 12.1. The van der Waals surface area contributed by atoms with Gasteiger partial charge in [0.15, 0.2) is 56.4 Å². The van der Waals surface area contributed by atoms with Gasteiger partial charge in [-0.25, -0.2) is 4.79 Å². The van der Waals surface area contributed by atoms with E-state index in [1.54, 1.807) is 0 Å². The van der Waals surface area contributed by atoms with Crippen molar-refractivity contribution in [1.29, 1.82) is 0 Å². The number of carboxylic acids is 1. The summed E-state index contributed by atoms with van der Waals surface area (Å²) in [6.07, 6.45) is -61.2. The van der Waals surface area contributed by atoms with Crippen molar-refractivity contribution in [3.63, 3.8) is 0 Å². The predicted molar refractivity (Wildman–Crippen MR) is 223 cm³/mol. The van der Waals surface area contributed by atoms with Crippen LogP contribution in [0.25, 0.3) is 0 Å². The van der Waals surface area contributed by atoms with Crippen LogP contribution in [0, 0.1) is 0 Å². The van der Waals surface area contributed by atoms with Gasteiger partial charge in [-0.2, -0.15) is 0 Å². The van der Waals surface area contributed by atoms with Crippen molar-refractivity contribution in [1.82, 2.24) is 0 Å². The molecular formula is C41H66O35. The predicted octanol–water partition coefficient (Wildman–Crippen LogP) is -13.9. The molecule has 8 aliphatic rings. The summed E-state index contributed by atoms with van der Waals surface area (Å²) in [5.41, 5.74) is 0. The Labute approximate surface area is 427 Å². The van der Waals surface area contributed by atoms with E-state index in [1.807, 2.05) is 0 Å². The van der Waals surface area contributed by atoms with Crippen molar-refractivity contribution in [2.24, 2.45) is 0 Å². The van der Waals surface area contributed by atoms with Crippen LogP contribution in [0.15, 0.2) is 0 Å². The molecule has 0 aromatic heterocycles. The fourth-order valence-corrected chi connectivity index (χ4v) is 9.62. The van der Waals surface area contributed by atoms with Gasteiger partial charge in [0.25, 0.3) is 0 Å². The van der Waals surface area contributed by atoms with Gasteiger partial charge >= 0.3 is 5.97 Å². The van der Waals surface area contributed by atoms with Gasteiger partial charge in [0.05, 0.1) is 46.2 Å². The second kappa shape index (κ2) is 25.5. The van der Waals surface area contributed by atoms with Gasteiger partial charge in [0.1, 0.15) is 146 Å². The molecule has 440 valence electrons. The first kappa shape index (κ1) is 60.3. The molecule has 0 aromatic rings. The minimum atomic E-state index is -2.18. The third-order valence-corrected chi connectivity index (χ3v) is 14.1. The van der Waals surface area contributed by atoms with Gasteiger partial charge in [-0.3, -0.25) is 0 Å². The normalized spacial score (nSPS) is 53.3. The summed E-state index contributed by atoms with van der Waals surface area (Å²) in [6.45, 7) is -5.20. The van der Waals surface area contributed by atoms with Crippen LogP contribution in [-0.2, 0) is 75.8 Å². The maximum absolute atomic E-state index is 12.1. The highest BCUT2D eigenvalue weighted by molar-refractivity contribution is 5.73. The Bertz CT molecular complexity index is 1850. The molecule has 0 aliphatic carbocycles. The molecule has 0 saturated carbocycles. The SMILES string of the molecule is O=C(O)[C@H]1O[C@H](O[C@H]2[C@H](O[C@@H]3CO[C@@H](O[C@@H]4CO[C@@H](O[C@@H]5CO[C@@H](O)[C@H](O)[C@H]5O)[C@H](O)[C@H]4O[C@@H]4O[C@@H](CO)[C@H](O)[C@H]4O[C@@H]4O[C@@H](CO)[C@H](O)[C@H]4O)[C@H](O)[C@H]3O[C@@H]3O[C@@H](CO)[C@H](O)[C@H]3O)OC[C@@H](O)[C@@H]2O)[C@H](O)[C@@H](O)[C@@H]1O. The standard InChI is InChI=1S/C41H66O35/c42-1-9-16(47)23(54)37(66-9)72-28-14(71-40-31(15(46)8(45)4-63-40)75-39-25(56)20(51)21(52)30(74-39)33(59)60)7-65-36(26(28)57)70-13-6-64-35(69-12-5-62-34(61)22(53)18(12)49)27(58)29(13)73-41-32(19(50)11(3-44)68-41)76-38-24(55)17(48)10(2-43)67-38/h8-32,34-58,61H,1-7H2,(H,59,60)/t8-,9+,10+,11+,12-,13-,14-,15+,16+,17+,18+,19+,20+,21+,22-,23-,24-,25-,26-,27-,28+,29+,30+,31-,32-,34-,35+,36+,37+,38+,39-,40+,41+/m1/s1. The average Bonchev–Trinajstić information content (AvgIpc) is 3.97. The van der Waals surface area contributed by atoms with E-state index in [0.29, 0.717) is 0 Å². The van der Waals surface area contributed by atoms with Crippen LogP contribution < -0.4 is 0 Å². The third kappa shape index (κ3) is 12.3. The van der Waals surface area contributed by atoms with Crippen molar-refractivity contribution in [3.05, 3.63) is 0 Å². The third-order valence-electron chi connectivity index (χ3n) is 14.1. The molecule has 8 rings (SSSR count). The Morgan fingerprint density at radius 3 is 1.26 bits per heavy atom. The van der Waals surface area contributed by atoms with Crippen molar-refractivity contribution in [2.75, 3.05) is 46.2 Å². The molecule has 0 amide bonds. The van der Waals surface area contributed by atoms with E-state index in [4.69, 9.17) is 71.1 Å². The molecule has 0 radical (unpaired) electrons. The molecule has 8 fully saturated rings. The lowest BCUT2D eigenvalue weighted by atomic mass is 9.98. The number of rotatable bonds is 18. The number of carboxylic acid groups (broad SMARTS) is 1. The molecule has 35 nitrogen and oxygen atoms in total. The Hall–Kier alpha value is -1.85.